The van der Waals surface area contributed by atoms with Crippen LogP contribution in [0.3, 0.4) is 0 Å². The zero-order valence-electron chi connectivity index (χ0n) is 39.8. The maximum absolute atomic E-state index is 13.1. The fourth-order valence-corrected chi connectivity index (χ4v) is 8.83. The molecule has 2 heterocycles. The van der Waals surface area contributed by atoms with Gasteiger partial charge in [-0.1, -0.05) is 72.8 Å². The number of esters is 1. The van der Waals surface area contributed by atoms with Crippen LogP contribution in [0.25, 0.3) is 44.1 Å². The molecule has 0 spiro atoms. The van der Waals surface area contributed by atoms with Gasteiger partial charge in [0.05, 0.1) is 30.5 Å². The molecule has 8 N–H and O–H groups in total. The van der Waals surface area contributed by atoms with E-state index in [1.807, 2.05) is 64.0 Å². The quantitative estimate of drug-likeness (QED) is 0.0358. The van der Waals surface area contributed by atoms with E-state index in [0.717, 1.165) is 77.8 Å². The number of hydrogen-bond donors (Lipinski definition) is 5. The zero-order valence-corrected chi connectivity index (χ0v) is 39.8. The normalized spacial score (nSPS) is 11.5. The Morgan fingerprint density at radius 2 is 1.22 bits per heavy atom. The highest BCUT2D eigenvalue weighted by molar-refractivity contribution is 5.92. The van der Waals surface area contributed by atoms with Crippen molar-refractivity contribution in [3.8, 4) is 33.8 Å². The van der Waals surface area contributed by atoms with Crippen LogP contribution in [-0.2, 0) is 60.0 Å². The molecule has 0 aliphatic heterocycles. The van der Waals surface area contributed by atoms with Crippen molar-refractivity contribution >= 4 is 45.1 Å². The number of fused-ring (bicyclic) bond motifs is 2. The zero-order chi connectivity index (χ0) is 48.8. The van der Waals surface area contributed by atoms with E-state index < -0.39 is 5.97 Å². The summed E-state index contributed by atoms with van der Waals surface area (Å²) < 4.78 is 22.2. The summed E-state index contributed by atoms with van der Waals surface area (Å²) in [4.78, 5) is 24.6. The minimum atomic E-state index is -0.930. The van der Waals surface area contributed by atoms with Crippen LogP contribution in [0.4, 0.5) is 11.4 Å². The molecule has 0 atom stereocenters. The highest BCUT2D eigenvalue weighted by Gasteiger charge is 2.20. The first-order valence-corrected chi connectivity index (χ1v) is 23.4. The third-order valence-electron chi connectivity index (χ3n) is 12.2. The average Bonchev–Trinajstić information content (AvgIpc) is 3.90. The number of benzene rings is 6. The highest BCUT2D eigenvalue weighted by Crippen LogP contribution is 2.37. The summed E-state index contributed by atoms with van der Waals surface area (Å²) in [5.74, 6) is -0.224. The highest BCUT2D eigenvalue weighted by atomic mass is 16.5. The minimum Gasteiger partial charge on any atom is -0.487 e. The van der Waals surface area contributed by atoms with Crippen molar-refractivity contribution in [3.63, 3.8) is 0 Å². The number of nitrogens with zero attached hydrogens (tertiary/aromatic N) is 4. The van der Waals surface area contributed by atoms with Crippen molar-refractivity contribution in [3.05, 3.63) is 154 Å². The van der Waals surface area contributed by atoms with E-state index >= 15 is 0 Å². The number of rotatable bonds is 20. The maximum atomic E-state index is 13.1. The van der Waals surface area contributed by atoms with Crippen molar-refractivity contribution in [2.75, 3.05) is 17.7 Å². The molecule has 8 aromatic rings. The number of carbonyl (C=O) groups is 2. The molecule has 2 aromatic heterocycles. The van der Waals surface area contributed by atoms with Crippen LogP contribution >= 0.6 is 0 Å². The molecule has 8 rings (SSSR count). The number of carboxylic acids is 1. The third kappa shape index (κ3) is 10.4. The molecule has 0 saturated carbocycles. The summed E-state index contributed by atoms with van der Waals surface area (Å²) in [5, 5.41) is 25.0. The van der Waals surface area contributed by atoms with Gasteiger partial charge in [-0.15, -0.1) is 0 Å². The number of aliphatic carboxylic acids is 1. The Labute approximate surface area is 402 Å². The Morgan fingerprint density at radius 1 is 0.652 bits per heavy atom. The SMILES string of the molecule is CCOC(=O)Cc1cc(CNc2c(CN)cccc2-c2ccc3c(c2)c(COc2ccccc2CC(=O)O)nn3C(C)C)ccc1OCc1nn(C(C)C)c2ccc(-c3cccc(CN)c3N)cc12. The molecule has 0 amide bonds. The summed E-state index contributed by atoms with van der Waals surface area (Å²) in [7, 11) is 0. The van der Waals surface area contributed by atoms with Crippen LogP contribution < -0.4 is 32.0 Å². The summed E-state index contributed by atoms with van der Waals surface area (Å²) in [5.41, 5.74) is 31.7. The van der Waals surface area contributed by atoms with Crippen molar-refractivity contribution in [1.82, 2.24) is 19.6 Å². The number of ether oxygens (including phenoxy) is 3. The lowest BCUT2D eigenvalue weighted by Crippen LogP contribution is -2.11. The molecule has 69 heavy (non-hydrogen) atoms. The maximum Gasteiger partial charge on any atom is 0.310 e. The van der Waals surface area contributed by atoms with Gasteiger partial charge in [0, 0.05) is 76.1 Å². The van der Waals surface area contributed by atoms with Crippen LogP contribution in [0.5, 0.6) is 11.5 Å². The van der Waals surface area contributed by atoms with E-state index in [1.54, 1.807) is 25.1 Å². The second-order valence-corrected chi connectivity index (χ2v) is 17.6. The molecule has 0 fully saturated rings. The number of aromatic nitrogens is 4. The fraction of sp³-hybridized carbons (Fsp3) is 0.273. The minimum absolute atomic E-state index is 0.0189. The van der Waals surface area contributed by atoms with E-state index in [-0.39, 0.29) is 50.7 Å². The van der Waals surface area contributed by atoms with Gasteiger partial charge in [0.2, 0.25) is 0 Å². The second-order valence-electron chi connectivity index (χ2n) is 17.6. The topological polar surface area (TPSA) is 208 Å². The smallest absolute Gasteiger partial charge is 0.310 e. The van der Waals surface area contributed by atoms with E-state index in [9.17, 15) is 14.7 Å². The molecule has 14 nitrogen and oxygen atoms in total. The van der Waals surface area contributed by atoms with Gasteiger partial charge in [-0.05, 0) is 105 Å². The number of anilines is 2. The number of para-hydroxylation sites is 3. The number of nitrogens with two attached hydrogens (primary N) is 3. The molecule has 0 unspecified atom stereocenters. The lowest BCUT2D eigenvalue weighted by Gasteiger charge is -2.18. The van der Waals surface area contributed by atoms with Crippen LogP contribution in [0.2, 0.25) is 0 Å². The Bertz CT molecular complexity index is 3150. The largest absolute Gasteiger partial charge is 0.487 e. The predicted molar refractivity (Wildman–Crippen MR) is 272 cm³/mol. The fourth-order valence-electron chi connectivity index (χ4n) is 8.83. The standard InChI is InChI=1S/C55H60N8O6/c1-6-67-53(66)27-41-23-35(17-22-51(41)69-32-47-44-24-36(18-20-48(44)62(61-47)33(2)3)42-14-9-12-39(28-56)54(42)58)30-59-55-40(29-57)13-10-15-43(55)37-19-21-49-45(25-37)46(60-63(49)34(4)5)31-68-50-16-8-7-11-38(50)26-52(64)65/h7-25,33-34,59H,6,26-32,56-58H2,1-5H3,(H,64,65). The van der Waals surface area contributed by atoms with Crippen molar-refractivity contribution < 1.29 is 28.9 Å². The van der Waals surface area contributed by atoms with Crippen LogP contribution in [0.1, 0.15) is 85.9 Å². The van der Waals surface area contributed by atoms with Crippen molar-refractivity contribution in [1.29, 1.82) is 0 Å². The molecule has 0 bridgehead atoms. The molecule has 6 aromatic carbocycles. The number of hydrogen-bond acceptors (Lipinski definition) is 11. The Hall–Kier alpha value is -7.68. The average molecular weight is 929 g/mol. The predicted octanol–water partition coefficient (Wildman–Crippen LogP) is 9.88. The van der Waals surface area contributed by atoms with Gasteiger partial charge in [-0.2, -0.15) is 10.2 Å². The molecule has 0 radical (unpaired) electrons. The van der Waals surface area contributed by atoms with Gasteiger partial charge in [0.25, 0.3) is 0 Å². The van der Waals surface area contributed by atoms with Gasteiger partial charge >= 0.3 is 11.9 Å². The molecular weight excluding hydrogens is 869 g/mol. The lowest BCUT2D eigenvalue weighted by molar-refractivity contribution is -0.142. The number of nitrogens with one attached hydrogen (secondary N) is 1. The Balaban J connectivity index is 1.08. The van der Waals surface area contributed by atoms with Crippen LogP contribution in [0.15, 0.2) is 115 Å². The molecular formula is C55H60N8O6. The second kappa shape index (κ2) is 21.1. The first-order chi connectivity index (χ1) is 33.4. The number of nitrogen functional groups attached to an aromatic ring is 1. The molecule has 0 aliphatic carbocycles. The summed E-state index contributed by atoms with van der Waals surface area (Å²) in [6, 6.07) is 37.7. The van der Waals surface area contributed by atoms with E-state index in [2.05, 4.69) is 75.5 Å². The summed E-state index contributed by atoms with van der Waals surface area (Å²) in [6.45, 7) is 11.8. The Morgan fingerprint density at radius 3 is 1.81 bits per heavy atom. The van der Waals surface area contributed by atoms with E-state index in [4.69, 9.17) is 41.6 Å². The first-order valence-electron chi connectivity index (χ1n) is 23.4. The van der Waals surface area contributed by atoms with Gasteiger partial charge in [0.15, 0.2) is 0 Å². The van der Waals surface area contributed by atoms with Gasteiger partial charge in [-0.25, -0.2) is 0 Å². The van der Waals surface area contributed by atoms with E-state index in [0.29, 0.717) is 47.9 Å². The molecule has 14 heteroatoms. The third-order valence-corrected chi connectivity index (χ3v) is 12.2. The summed E-state index contributed by atoms with van der Waals surface area (Å²) in [6.07, 6.45) is -0.127. The summed E-state index contributed by atoms with van der Waals surface area (Å²) >= 11 is 0. The van der Waals surface area contributed by atoms with Crippen LogP contribution in [0, 0.1) is 0 Å². The lowest BCUT2D eigenvalue weighted by atomic mass is 9.97. The van der Waals surface area contributed by atoms with Gasteiger partial charge in [0.1, 0.15) is 36.1 Å². The van der Waals surface area contributed by atoms with Crippen molar-refractivity contribution in [2.45, 2.75) is 92.4 Å². The van der Waals surface area contributed by atoms with Gasteiger partial charge < -0.3 is 41.8 Å². The monoisotopic (exact) mass is 928 g/mol. The van der Waals surface area contributed by atoms with Crippen LogP contribution in [-0.4, -0.2) is 43.2 Å². The Kier molecular flexibility index (Phi) is 14.6. The molecule has 0 saturated heterocycles. The first kappa shape index (κ1) is 47.8. The number of carboxylic acid groups (broad SMARTS) is 1. The van der Waals surface area contributed by atoms with Crippen molar-refractivity contribution in [2.24, 2.45) is 11.5 Å². The van der Waals surface area contributed by atoms with E-state index in [1.165, 1.54) is 0 Å². The van der Waals surface area contributed by atoms with Gasteiger partial charge in [-0.3, -0.25) is 19.0 Å². The number of carbonyl (C=O) groups excluding carboxylic acids is 1. The molecule has 356 valence electrons. The molecule has 0 aliphatic rings.